The van der Waals surface area contributed by atoms with E-state index in [0.29, 0.717) is 11.9 Å². The third-order valence-corrected chi connectivity index (χ3v) is 4.82. The van der Waals surface area contributed by atoms with Gasteiger partial charge < -0.3 is 20.3 Å². The van der Waals surface area contributed by atoms with Crippen molar-refractivity contribution in [3.8, 4) is 0 Å². The molecule has 2 aromatic rings. The lowest BCUT2D eigenvalue weighted by molar-refractivity contribution is -0.906. The molecular formula is C19H28ClN6O+. The zero-order chi connectivity index (χ0) is 18.9. The number of hydrogen-bond acceptors (Lipinski definition) is 6. The fraction of sp³-hybridized carbons (Fsp3) is 0.526. The van der Waals surface area contributed by atoms with Crippen LogP contribution in [0.15, 0.2) is 30.3 Å². The number of ether oxygens (including phenoxy) is 1. The second-order valence-electron chi connectivity index (χ2n) is 6.86. The van der Waals surface area contributed by atoms with Crippen LogP contribution in [-0.4, -0.2) is 60.4 Å². The molecule has 0 radical (unpaired) electrons. The lowest BCUT2D eigenvalue weighted by atomic mass is 10.1. The van der Waals surface area contributed by atoms with E-state index in [4.69, 9.17) is 16.3 Å². The highest BCUT2D eigenvalue weighted by atomic mass is 35.5. The Kier molecular flexibility index (Phi) is 7.62. The molecule has 7 nitrogen and oxygen atoms in total. The number of nitrogens with zero attached hydrogens (tertiary/aromatic N) is 3. The SMILES string of the molecule is C[C@H](CCc1ccccc1)Nc1nc(Cl)nc(NCC[NH+]2CCOCC2)n1. The van der Waals surface area contributed by atoms with Crippen LogP contribution < -0.4 is 15.5 Å². The van der Waals surface area contributed by atoms with Gasteiger partial charge in [0.1, 0.15) is 13.1 Å². The minimum Gasteiger partial charge on any atom is -0.370 e. The second kappa shape index (κ2) is 10.4. The van der Waals surface area contributed by atoms with E-state index in [1.165, 1.54) is 10.5 Å². The quantitative estimate of drug-likeness (QED) is 0.598. The highest BCUT2D eigenvalue weighted by Gasteiger charge is 2.14. The second-order valence-corrected chi connectivity index (χ2v) is 7.20. The van der Waals surface area contributed by atoms with Crippen LogP contribution in [0.3, 0.4) is 0 Å². The van der Waals surface area contributed by atoms with Crippen molar-refractivity contribution in [3.05, 3.63) is 41.2 Å². The first kappa shape index (κ1) is 19.8. The van der Waals surface area contributed by atoms with E-state index >= 15 is 0 Å². The number of anilines is 2. The number of aromatic nitrogens is 3. The molecule has 0 bridgehead atoms. The molecule has 146 valence electrons. The summed E-state index contributed by atoms with van der Waals surface area (Å²) in [5, 5.41) is 6.78. The van der Waals surface area contributed by atoms with Gasteiger partial charge >= 0.3 is 0 Å². The molecule has 3 N–H and O–H groups in total. The summed E-state index contributed by atoms with van der Waals surface area (Å²) < 4.78 is 5.38. The molecule has 0 aliphatic carbocycles. The van der Waals surface area contributed by atoms with Gasteiger partial charge in [0, 0.05) is 6.04 Å². The Morgan fingerprint density at radius 1 is 1.11 bits per heavy atom. The van der Waals surface area contributed by atoms with E-state index in [2.05, 4.69) is 56.8 Å². The van der Waals surface area contributed by atoms with Gasteiger partial charge in [-0.15, -0.1) is 0 Å². The van der Waals surface area contributed by atoms with Gasteiger partial charge in [-0.25, -0.2) is 0 Å². The molecule has 0 spiro atoms. The largest absolute Gasteiger partial charge is 0.370 e. The summed E-state index contributed by atoms with van der Waals surface area (Å²) in [6.07, 6.45) is 1.98. The molecule has 8 heteroatoms. The molecule has 0 saturated carbocycles. The number of quaternary nitrogens is 1. The average Bonchev–Trinajstić information content (AvgIpc) is 2.68. The van der Waals surface area contributed by atoms with Crippen molar-refractivity contribution in [2.45, 2.75) is 25.8 Å². The first-order chi connectivity index (χ1) is 13.2. The first-order valence-corrected chi connectivity index (χ1v) is 9.94. The summed E-state index contributed by atoms with van der Waals surface area (Å²) in [4.78, 5) is 14.4. The van der Waals surface area contributed by atoms with Gasteiger partial charge in [-0.05, 0) is 36.9 Å². The summed E-state index contributed by atoms with van der Waals surface area (Å²) in [5.74, 6) is 1.03. The van der Waals surface area contributed by atoms with Crippen molar-refractivity contribution >= 4 is 23.5 Å². The van der Waals surface area contributed by atoms with Crippen LogP contribution in [-0.2, 0) is 11.2 Å². The molecule has 0 amide bonds. The number of nitrogens with one attached hydrogen (secondary N) is 3. The van der Waals surface area contributed by atoms with Crippen LogP contribution in [0.25, 0.3) is 0 Å². The van der Waals surface area contributed by atoms with Crippen LogP contribution in [0.1, 0.15) is 18.9 Å². The fourth-order valence-electron chi connectivity index (χ4n) is 3.08. The molecule has 1 aromatic heterocycles. The predicted molar refractivity (Wildman–Crippen MR) is 108 cm³/mol. The normalized spacial score (nSPS) is 16.1. The Morgan fingerprint density at radius 2 is 1.85 bits per heavy atom. The summed E-state index contributed by atoms with van der Waals surface area (Å²) in [7, 11) is 0. The zero-order valence-corrected chi connectivity index (χ0v) is 16.5. The summed E-state index contributed by atoms with van der Waals surface area (Å²) in [5.41, 5.74) is 1.33. The van der Waals surface area contributed by atoms with E-state index in [1.807, 2.05) is 6.07 Å². The monoisotopic (exact) mass is 391 g/mol. The van der Waals surface area contributed by atoms with Crippen molar-refractivity contribution in [2.75, 3.05) is 50.0 Å². The highest BCUT2D eigenvalue weighted by Crippen LogP contribution is 2.12. The van der Waals surface area contributed by atoms with Crippen molar-refractivity contribution < 1.29 is 9.64 Å². The van der Waals surface area contributed by atoms with E-state index < -0.39 is 0 Å². The number of morpholine rings is 1. The smallest absolute Gasteiger partial charge is 0.229 e. The zero-order valence-electron chi connectivity index (χ0n) is 15.7. The summed E-state index contributed by atoms with van der Waals surface area (Å²) in [6.45, 7) is 7.68. The fourth-order valence-corrected chi connectivity index (χ4v) is 3.24. The highest BCUT2D eigenvalue weighted by molar-refractivity contribution is 6.28. The minimum absolute atomic E-state index is 0.198. The van der Waals surface area contributed by atoms with Crippen LogP contribution >= 0.6 is 11.6 Å². The summed E-state index contributed by atoms with van der Waals surface area (Å²) >= 11 is 6.07. The molecule has 1 aliphatic rings. The number of benzene rings is 1. The molecule has 1 saturated heterocycles. The van der Waals surface area contributed by atoms with Crippen LogP contribution in [0.4, 0.5) is 11.9 Å². The molecule has 2 heterocycles. The third-order valence-electron chi connectivity index (χ3n) is 4.65. The van der Waals surface area contributed by atoms with E-state index in [9.17, 15) is 0 Å². The van der Waals surface area contributed by atoms with Crippen molar-refractivity contribution in [3.63, 3.8) is 0 Å². The van der Waals surface area contributed by atoms with Crippen molar-refractivity contribution in [1.82, 2.24) is 15.0 Å². The standard InChI is InChI=1S/C19H27ClN6O/c1-15(7-8-16-5-3-2-4-6-16)22-19-24-17(20)23-18(25-19)21-9-10-26-11-13-27-14-12-26/h2-6,15H,7-14H2,1H3,(H2,21,22,23,24,25)/p+1/t15-/m1/s1. The number of hydrogen-bond donors (Lipinski definition) is 3. The van der Waals surface area contributed by atoms with Crippen molar-refractivity contribution in [1.29, 1.82) is 0 Å². The molecule has 27 heavy (non-hydrogen) atoms. The minimum atomic E-state index is 0.198. The van der Waals surface area contributed by atoms with Crippen LogP contribution in [0, 0.1) is 0 Å². The summed E-state index contributed by atoms with van der Waals surface area (Å²) in [6, 6.07) is 10.7. The first-order valence-electron chi connectivity index (χ1n) is 9.56. The maximum absolute atomic E-state index is 6.07. The van der Waals surface area contributed by atoms with Gasteiger partial charge in [-0.3, -0.25) is 0 Å². The van der Waals surface area contributed by atoms with Gasteiger partial charge in [0.25, 0.3) is 0 Å². The lowest BCUT2D eigenvalue weighted by Crippen LogP contribution is -3.14. The topological polar surface area (TPSA) is 76.4 Å². The van der Waals surface area contributed by atoms with Crippen molar-refractivity contribution in [2.24, 2.45) is 0 Å². The maximum Gasteiger partial charge on any atom is 0.229 e. The number of halogens is 1. The molecule has 3 rings (SSSR count). The maximum atomic E-state index is 6.07. The van der Waals surface area contributed by atoms with Gasteiger partial charge in [0.05, 0.1) is 26.3 Å². The molecule has 0 unspecified atom stereocenters. The molecule has 1 atom stereocenters. The Morgan fingerprint density at radius 3 is 2.63 bits per heavy atom. The van der Waals surface area contributed by atoms with Gasteiger partial charge in [0.15, 0.2) is 0 Å². The lowest BCUT2D eigenvalue weighted by Gasteiger charge is -2.23. The number of aryl methyl sites for hydroxylation is 1. The predicted octanol–water partition coefficient (Wildman–Crippen LogP) is 1.29. The van der Waals surface area contributed by atoms with E-state index in [1.54, 1.807) is 0 Å². The van der Waals surface area contributed by atoms with Gasteiger partial charge in [-0.2, -0.15) is 15.0 Å². The molecule has 1 aliphatic heterocycles. The molecule has 1 aromatic carbocycles. The average molecular weight is 392 g/mol. The Labute approximate surface area is 165 Å². The van der Waals surface area contributed by atoms with E-state index in [-0.39, 0.29) is 11.3 Å². The molecular weight excluding hydrogens is 364 g/mol. The Bertz CT molecular complexity index is 696. The Hall–Kier alpha value is -1.96. The molecule has 1 fully saturated rings. The van der Waals surface area contributed by atoms with Gasteiger partial charge in [-0.1, -0.05) is 30.3 Å². The third kappa shape index (κ3) is 6.93. The van der Waals surface area contributed by atoms with E-state index in [0.717, 1.165) is 52.2 Å². The van der Waals surface area contributed by atoms with Crippen LogP contribution in [0.2, 0.25) is 5.28 Å². The Balaban J connectivity index is 1.46. The van der Waals surface area contributed by atoms with Gasteiger partial charge in [0.2, 0.25) is 17.2 Å². The number of rotatable bonds is 9. The van der Waals surface area contributed by atoms with Crippen LogP contribution in [0.5, 0.6) is 0 Å².